The topological polar surface area (TPSA) is 66.0 Å². The van der Waals surface area contributed by atoms with Gasteiger partial charge in [-0.05, 0) is 35.9 Å². The molecule has 2 rings (SSSR count). The number of hydrogen-bond acceptors (Lipinski definition) is 5. The molecule has 8 heteroatoms. The van der Waals surface area contributed by atoms with E-state index in [2.05, 4.69) is 21.2 Å². The first-order valence-corrected chi connectivity index (χ1v) is 8.41. The van der Waals surface area contributed by atoms with Gasteiger partial charge in [-0.1, -0.05) is 15.9 Å². The lowest BCUT2D eigenvalue weighted by Gasteiger charge is -2.14. The molecule has 0 bridgehead atoms. The van der Waals surface area contributed by atoms with Gasteiger partial charge in [-0.2, -0.15) is 0 Å². The van der Waals surface area contributed by atoms with E-state index in [4.69, 9.17) is 18.9 Å². The van der Waals surface area contributed by atoms with Crippen molar-refractivity contribution < 1.29 is 28.1 Å². The molecule has 2 aromatic rings. The van der Waals surface area contributed by atoms with E-state index in [1.807, 2.05) is 0 Å². The maximum absolute atomic E-state index is 13.7. The third-order valence-corrected chi connectivity index (χ3v) is 3.96. The number of methoxy groups -OCH3 is 3. The highest BCUT2D eigenvalue weighted by atomic mass is 79.9. The molecular formula is C18H19BrFNO5. The average molecular weight is 428 g/mol. The first-order chi connectivity index (χ1) is 12.5. The molecule has 0 saturated carbocycles. The number of rotatable bonds is 8. The summed E-state index contributed by atoms with van der Waals surface area (Å²) in [6.45, 7) is -0.0787. The van der Waals surface area contributed by atoms with E-state index in [-0.39, 0.29) is 24.8 Å². The quantitative estimate of drug-likeness (QED) is 0.699. The van der Waals surface area contributed by atoms with Gasteiger partial charge in [-0.15, -0.1) is 0 Å². The van der Waals surface area contributed by atoms with Crippen molar-refractivity contribution in [2.45, 2.75) is 6.54 Å². The Morgan fingerprint density at radius 1 is 1.04 bits per heavy atom. The Labute approximate surface area is 159 Å². The number of carbonyl (C=O) groups is 1. The van der Waals surface area contributed by atoms with Gasteiger partial charge in [-0.25, -0.2) is 4.39 Å². The van der Waals surface area contributed by atoms with E-state index >= 15 is 0 Å². The first kappa shape index (κ1) is 19.8. The molecule has 0 aliphatic heterocycles. The molecule has 0 aliphatic rings. The van der Waals surface area contributed by atoms with Crippen LogP contribution in [0, 0.1) is 5.82 Å². The first-order valence-electron chi connectivity index (χ1n) is 7.62. The van der Waals surface area contributed by atoms with Crippen LogP contribution in [-0.2, 0) is 11.3 Å². The van der Waals surface area contributed by atoms with E-state index in [1.165, 1.54) is 33.5 Å². The molecule has 0 aliphatic carbocycles. The van der Waals surface area contributed by atoms with Crippen molar-refractivity contribution in [3.8, 4) is 23.0 Å². The van der Waals surface area contributed by atoms with Crippen LogP contribution in [0.1, 0.15) is 5.56 Å². The van der Waals surface area contributed by atoms with Gasteiger partial charge in [0.1, 0.15) is 0 Å². The second kappa shape index (κ2) is 9.28. The van der Waals surface area contributed by atoms with Gasteiger partial charge in [0.15, 0.2) is 29.7 Å². The van der Waals surface area contributed by atoms with Crippen LogP contribution >= 0.6 is 15.9 Å². The summed E-state index contributed by atoms with van der Waals surface area (Å²) in [7, 11) is 4.54. The number of amides is 1. The summed E-state index contributed by atoms with van der Waals surface area (Å²) in [6, 6.07) is 7.81. The Kier molecular flexibility index (Phi) is 7.08. The van der Waals surface area contributed by atoms with Crippen LogP contribution < -0.4 is 24.3 Å². The van der Waals surface area contributed by atoms with Crippen LogP contribution in [-0.4, -0.2) is 33.8 Å². The highest BCUT2D eigenvalue weighted by molar-refractivity contribution is 9.10. The van der Waals surface area contributed by atoms with E-state index in [0.717, 1.165) is 5.56 Å². The number of halogens is 2. The summed E-state index contributed by atoms with van der Waals surface area (Å²) < 4.78 is 35.2. The number of nitrogens with one attached hydrogen (secondary N) is 1. The van der Waals surface area contributed by atoms with Crippen LogP contribution in [0.3, 0.4) is 0 Å². The fourth-order valence-corrected chi connectivity index (χ4v) is 2.56. The van der Waals surface area contributed by atoms with Gasteiger partial charge < -0.3 is 24.3 Å². The van der Waals surface area contributed by atoms with Crippen LogP contribution in [0.2, 0.25) is 0 Å². The largest absolute Gasteiger partial charge is 0.493 e. The summed E-state index contributed by atoms with van der Waals surface area (Å²) in [5.41, 5.74) is 0.752. The van der Waals surface area contributed by atoms with Crippen LogP contribution in [0.15, 0.2) is 34.8 Å². The van der Waals surface area contributed by atoms with Gasteiger partial charge in [0, 0.05) is 11.0 Å². The van der Waals surface area contributed by atoms with Crippen molar-refractivity contribution in [1.29, 1.82) is 0 Å². The highest BCUT2D eigenvalue weighted by Crippen LogP contribution is 2.38. The molecule has 0 unspecified atom stereocenters. The minimum Gasteiger partial charge on any atom is -0.493 e. The summed E-state index contributed by atoms with van der Waals surface area (Å²) in [5, 5.41) is 2.69. The third-order valence-electron chi connectivity index (χ3n) is 3.47. The molecule has 0 aromatic heterocycles. The van der Waals surface area contributed by atoms with Crippen LogP contribution in [0.4, 0.5) is 4.39 Å². The smallest absolute Gasteiger partial charge is 0.258 e. The Morgan fingerprint density at radius 2 is 1.69 bits per heavy atom. The molecule has 0 fully saturated rings. The van der Waals surface area contributed by atoms with Crippen molar-refractivity contribution in [3.63, 3.8) is 0 Å². The van der Waals surface area contributed by atoms with E-state index in [1.54, 1.807) is 18.2 Å². The standard InChI is InChI=1S/C18H19BrFNO5/c1-23-15-6-11(7-16(24-2)18(15)25-3)9-21-17(22)10-26-14-5-4-12(19)8-13(14)20/h4-8H,9-10H2,1-3H3,(H,21,22). The summed E-state index contributed by atoms with van der Waals surface area (Å²) in [4.78, 5) is 11.9. The number of benzene rings is 2. The van der Waals surface area contributed by atoms with Gasteiger partial charge in [0.05, 0.1) is 21.3 Å². The zero-order valence-corrected chi connectivity index (χ0v) is 16.2. The molecule has 140 valence electrons. The Bertz CT molecular complexity index is 759. The highest BCUT2D eigenvalue weighted by Gasteiger charge is 2.14. The minimum absolute atomic E-state index is 0.0103. The molecule has 2 aromatic carbocycles. The fourth-order valence-electron chi connectivity index (χ4n) is 2.22. The van der Waals surface area contributed by atoms with E-state index < -0.39 is 5.82 Å². The second-order valence-electron chi connectivity index (χ2n) is 5.17. The van der Waals surface area contributed by atoms with Crippen molar-refractivity contribution in [1.82, 2.24) is 5.32 Å². The Balaban J connectivity index is 1.96. The molecule has 0 heterocycles. The third kappa shape index (κ3) is 5.01. The molecule has 0 atom stereocenters. The molecule has 26 heavy (non-hydrogen) atoms. The van der Waals surface area contributed by atoms with Gasteiger partial charge in [-0.3, -0.25) is 4.79 Å². The lowest BCUT2D eigenvalue weighted by atomic mass is 10.1. The molecular weight excluding hydrogens is 409 g/mol. The van der Waals surface area contributed by atoms with Crippen molar-refractivity contribution in [2.24, 2.45) is 0 Å². The normalized spacial score (nSPS) is 10.2. The monoisotopic (exact) mass is 427 g/mol. The lowest BCUT2D eigenvalue weighted by molar-refractivity contribution is -0.123. The van der Waals surface area contributed by atoms with Crippen LogP contribution in [0.25, 0.3) is 0 Å². The van der Waals surface area contributed by atoms with Crippen molar-refractivity contribution in [2.75, 3.05) is 27.9 Å². The fraction of sp³-hybridized carbons (Fsp3) is 0.278. The summed E-state index contributed by atoms with van der Waals surface area (Å²) in [5.74, 6) is 0.529. The predicted octanol–water partition coefficient (Wildman–Crippen LogP) is 3.31. The lowest BCUT2D eigenvalue weighted by Crippen LogP contribution is -2.28. The van der Waals surface area contributed by atoms with E-state index in [9.17, 15) is 9.18 Å². The second-order valence-corrected chi connectivity index (χ2v) is 6.09. The molecule has 0 radical (unpaired) electrons. The maximum atomic E-state index is 13.7. The molecule has 0 saturated heterocycles. The predicted molar refractivity (Wildman–Crippen MR) is 97.5 cm³/mol. The Hall–Kier alpha value is -2.48. The minimum atomic E-state index is -0.545. The van der Waals surface area contributed by atoms with Gasteiger partial charge >= 0.3 is 0 Å². The average Bonchev–Trinajstić information content (AvgIpc) is 2.64. The summed E-state index contributed by atoms with van der Waals surface area (Å²) in [6.07, 6.45) is 0. The van der Waals surface area contributed by atoms with Crippen LogP contribution in [0.5, 0.6) is 23.0 Å². The summed E-state index contributed by atoms with van der Waals surface area (Å²) >= 11 is 3.16. The van der Waals surface area contributed by atoms with Crippen molar-refractivity contribution >= 4 is 21.8 Å². The SMILES string of the molecule is COc1cc(CNC(=O)COc2ccc(Br)cc2F)cc(OC)c1OC. The van der Waals surface area contributed by atoms with Gasteiger partial charge in [0.25, 0.3) is 5.91 Å². The zero-order chi connectivity index (χ0) is 19.1. The molecule has 6 nitrogen and oxygen atoms in total. The number of carbonyl (C=O) groups excluding carboxylic acids is 1. The Morgan fingerprint density at radius 3 is 2.23 bits per heavy atom. The number of hydrogen-bond donors (Lipinski definition) is 1. The van der Waals surface area contributed by atoms with E-state index in [0.29, 0.717) is 21.7 Å². The molecule has 1 N–H and O–H groups in total. The number of ether oxygens (including phenoxy) is 4. The molecule has 0 spiro atoms. The molecule has 1 amide bonds. The van der Waals surface area contributed by atoms with Gasteiger partial charge in [0.2, 0.25) is 5.75 Å². The van der Waals surface area contributed by atoms with Crippen molar-refractivity contribution in [3.05, 3.63) is 46.2 Å². The zero-order valence-electron chi connectivity index (χ0n) is 14.6. The maximum Gasteiger partial charge on any atom is 0.258 e.